The van der Waals surface area contributed by atoms with E-state index < -0.39 is 60.6 Å². The molecule has 172 valence electrons. The number of carbonyl (C=O) groups excluding carboxylic acids is 3. The second-order valence-electron chi connectivity index (χ2n) is 6.59. The molecule has 0 aliphatic carbocycles. The number of rotatable bonds is 13. The van der Waals surface area contributed by atoms with Gasteiger partial charge in [-0.05, 0) is 26.7 Å². The topological polar surface area (TPSA) is 255 Å². The highest BCUT2D eigenvalue weighted by Crippen LogP contribution is 1.99. The van der Waals surface area contributed by atoms with E-state index in [2.05, 4.69) is 15.6 Å². The lowest BCUT2D eigenvalue weighted by molar-refractivity contribution is -0.144. The minimum atomic E-state index is -1.61. The van der Waals surface area contributed by atoms with Crippen LogP contribution in [-0.4, -0.2) is 88.4 Å². The van der Waals surface area contributed by atoms with Crippen molar-refractivity contribution in [2.24, 2.45) is 22.2 Å². The van der Waals surface area contributed by atoms with E-state index in [0.29, 0.717) is 6.42 Å². The van der Waals surface area contributed by atoms with Gasteiger partial charge in [0, 0.05) is 6.54 Å². The Kier molecular flexibility index (Phi) is 12.0. The molecule has 0 heterocycles. The molecule has 14 nitrogen and oxygen atoms in total. The first-order valence-corrected chi connectivity index (χ1v) is 9.14. The summed E-state index contributed by atoms with van der Waals surface area (Å²) < 4.78 is 0. The number of guanidine groups is 1. The van der Waals surface area contributed by atoms with E-state index in [1.165, 1.54) is 13.8 Å². The molecule has 5 atom stereocenters. The first-order chi connectivity index (χ1) is 13.9. The average molecular weight is 433 g/mol. The predicted octanol–water partition coefficient (Wildman–Crippen LogP) is -4.70. The molecular weight excluding hydrogens is 402 g/mol. The molecule has 30 heavy (non-hydrogen) atoms. The number of amides is 3. The largest absolute Gasteiger partial charge is 0.480 e. The molecule has 0 spiro atoms. The fourth-order valence-electron chi connectivity index (χ4n) is 2.17. The van der Waals surface area contributed by atoms with Crippen LogP contribution in [0.25, 0.3) is 0 Å². The van der Waals surface area contributed by atoms with E-state index in [-0.39, 0.29) is 18.9 Å². The predicted molar refractivity (Wildman–Crippen MR) is 106 cm³/mol. The molecule has 0 fully saturated rings. The molecule has 0 saturated carbocycles. The van der Waals surface area contributed by atoms with Crippen LogP contribution in [0.4, 0.5) is 0 Å². The fraction of sp³-hybridized carbons (Fsp3) is 0.688. The Morgan fingerprint density at radius 2 is 1.60 bits per heavy atom. The maximum absolute atomic E-state index is 12.3. The SMILES string of the molecule is CC(NC(=O)C(N)CCCN=C(N)N)C(=O)NC(C(=O)NC(CO)C(=O)O)C(C)O. The van der Waals surface area contributed by atoms with Gasteiger partial charge < -0.3 is 48.5 Å². The summed E-state index contributed by atoms with van der Waals surface area (Å²) in [5, 5.41) is 34.2. The Morgan fingerprint density at radius 3 is 2.07 bits per heavy atom. The second kappa shape index (κ2) is 13.3. The van der Waals surface area contributed by atoms with Gasteiger partial charge in [0.15, 0.2) is 5.96 Å². The fourth-order valence-corrected chi connectivity index (χ4v) is 2.17. The van der Waals surface area contributed by atoms with Crippen molar-refractivity contribution in [1.29, 1.82) is 0 Å². The molecule has 0 aromatic carbocycles. The first kappa shape index (κ1) is 27.0. The number of aliphatic imine (C=N–C) groups is 1. The van der Waals surface area contributed by atoms with Crippen molar-refractivity contribution in [2.45, 2.75) is 57.0 Å². The summed E-state index contributed by atoms with van der Waals surface area (Å²) in [4.78, 5) is 51.2. The molecular formula is C16H31N7O7. The molecule has 12 N–H and O–H groups in total. The van der Waals surface area contributed by atoms with Crippen LogP contribution >= 0.6 is 0 Å². The van der Waals surface area contributed by atoms with Crippen LogP contribution in [0.2, 0.25) is 0 Å². The number of nitrogens with two attached hydrogens (primary N) is 3. The third-order valence-corrected chi connectivity index (χ3v) is 3.92. The van der Waals surface area contributed by atoms with Crippen LogP contribution < -0.4 is 33.2 Å². The Morgan fingerprint density at radius 1 is 1.00 bits per heavy atom. The summed E-state index contributed by atoms with van der Waals surface area (Å²) in [7, 11) is 0. The van der Waals surface area contributed by atoms with E-state index in [0.717, 1.165) is 0 Å². The highest BCUT2D eigenvalue weighted by molar-refractivity contribution is 5.94. The maximum Gasteiger partial charge on any atom is 0.328 e. The standard InChI is InChI=1S/C16H31N7O7/c1-7(21-13(27)9(17)4-3-5-20-16(18)19)12(26)23-11(8(2)25)14(28)22-10(6-24)15(29)30/h7-11,24-25H,3-6,17H2,1-2H3,(H,21,27)(H,22,28)(H,23,26)(H,29,30)(H4,18,19,20). The number of carbonyl (C=O) groups is 4. The van der Waals surface area contributed by atoms with Crippen LogP contribution in [0.3, 0.4) is 0 Å². The van der Waals surface area contributed by atoms with E-state index >= 15 is 0 Å². The third kappa shape index (κ3) is 9.99. The number of nitrogens with zero attached hydrogens (tertiary/aromatic N) is 1. The Balaban J connectivity index is 4.78. The van der Waals surface area contributed by atoms with Crippen molar-refractivity contribution in [1.82, 2.24) is 16.0 Å². The molecule has 0 aliphatic heterocycles. The van der Waals surface area contributed by atoms with Crippen LogP contribution in [0.15, 0.2) is 4.99 Å². The van der Waals surface area contributed by atoms with Gasteiger partial charge in [-0.25, -0.2) is 4.79 Å². The van der Waals surface area contributed by atoms with Gasteiger partial charge >= 0.3 is 5.97 Å². The number of aliphatic hydroxyl groups is 2. The molecule has 0 bridgehead atoms. The van der Waals surface area contributed by atoms with Gasteiger partial charge in [-0.2, -0.15) is 0 Å². The van der Waals surface area contributed by atoms with Gasteiger partial charge in [0.05, 0.1) is 18.8 Å². The number of carboxylic acids is 1. The van der Waals surface area contributed by atoms with Gasteiger partial charge in [0.2, 0.25) is 17.7 Å². The van der Waals surface area contributed by atoms with Gasteiger partial charge in [-0.15, -0.1) is 0 Å². The summed E-state index contributed by atoms with van der Waals surface area (Å²) in [5.74, 6) is -4.02. The summed E-state index contributed by atoms with van der Waals surface area (Å²) >= 11 is 0. The molecule has 0 rings (SSSR count). The summed E-state index contributed by atoms with van der Waals surface area (Å²) in [5.41, 5.74) is 16.1. The van der Waals surface area contributed by atoms with Crippen molar-refractivity contribution in [3.8, 4) is 0 Å². The third-order valence-electron chi connectivity index (χ3n) is 3.92. The monoisotopic (exact) mass is 433 g/mol. The van der Waals surface area contributed by atoms with E-state index in [1.807, 2.05) is 5.32 Å². The van der Waals surface area contributed by atoms with Crippen LogP contribution in [0.5, 0.6) is 0 Å². The van der Waals surface area contributed by atoms with Crippen LogP contribution in [0.1, 0.15) is 26.7 Å². The van der Waals surface area contributed by atoms with Gasteiger partial charge in [-0.3, -0.25) is 19.4 Å². The lowest BCUT2D eigenvalue weighted by atomic mass is 10.1. The second-order valence-corrected chi connectivity index (χ2v) is 6.59. The number of nitrogens with one attached hydrogen (secondary N) is 3. The van der Waals surface area contributed by atoms with Crippen molar-refractivity contribution in [2.75, 3.05) is 13.2 Å². The molecule has 0 aromatic rings. The molecule has 0 saturated heterocycles. The summed E-state index contributed by atoms with van der Waals surface area (Å²) in [6, 6.07) is -5.15. The highest BCUT2D eigenvalue weighted by atomic mass is 16.4. The first-order valence-electron chi connectivity index (χ1n) is 9.14. The Labute approximate surface area is 173 Å². The van der Waals surface area contributed by atoms with Crippen LogP contribution in [-0.2, 0) is 19.2 Å². The van der Waals surface area contributed by atoms with Crippen molar-refractivity contribution >= 4 is 29.7 Å². The molecule has 0 aliphatic rings. The Bertz CT molecular complexity index is 637. The normalized spacial score (nSPS) is 15.6. The summed E-state index contributed by atoms with van der Waals surface area (Å²) in [6.07, 6.45) is -0.692. The smallest absolute Gasteiger partial charge is 0.328 e. The van der Waals surface area contributed by atoms with Crippen LogP contribution in [0, 0.1) is 0 Å². The zero-order valence-electron chi connectivity index (χ0n) is 16.9. The lowest BCUT2D eigenvalue weighted by Gasteiger charge is -2.24. The number of aliphatic hydroxyl groups excluding tert-OH is 2. The number of carboxylic acid groups (broad SMARTS) is 1. The van der Waals surface area contributed by atoms with E-state index in [1.54, 1.807) is 0 Å². The van der Waals surface area contributed by atoms with Crippen molar-refractivity contribution < 1.29 is 34.5 Å². The molecule has 14 heteroatoms. The minimum Gasteiger partial charge on any atom is -0.480 e. The molecule has 5 unspecified atom stereocenters. The average Bonchev–Trinajstić information content (AvgIpc) is 2.65. The number of aliphatic carboxylic acids is 1. The zero-order chi connectivity index (χ0) is 23.4. The highest BCUT2D eigenvalue weighted by Gasteiger charge is 2.31. The van der Waals surface area contributed by atoms with Gasteiger partial charge in [0.25, 0.3) is 0 Å². The maximum atomic E-state index is 12.3. The number of hydrogen-bond donors (Lipinski definition) is 9. The van der Waals surface area contributed by atoms with Gasteiger partial charge in [-0.1, -0.05) is 0 Å². The quantitative estimate of drug-likeness (QED) is 0.0761. The van der Waals surface area contributed by atoms with E-state index in [9.17, 15) is 24.3 Å². The van der Waals surface area contributed by atoms with Crippen molar-refractivity contribution in [3.05, 3.63) is 0 Å². The molecule has 3 amide bonds. The minimum absolute atomic E-state index is 0.0799. The lowest BCUT2D eigenvalue weighted by Crippen LogP contribution is -2.59. The Hall–Kier alpha value is -2.97. The van der Waals surface area contributed by atoms with E-state index in [4.69, 9.17) is 27.4 Å². The molecule has 0 aromatic heterocycles. The van der Waals surface area contributed by atoms with Gasteiger partial charge in [0.1, 0.15) is 18.1 Å². The zero-order valence-corrected chi connectivity index (χ0v) is 16.9. The molecule has 0 radical (unpaired) electrons. The number of hydrogen-bond acceptors (Lipinski definition) is 8. The van der Waals surface area contributed by atoms with Crippen molar-refractivity contribution in [3.63, 3.8) is 0 Å². The summed E-state index contributed by atoms with van der Waals surface area (Å²) in [6.45, 7) is 1.95.